The van der Waals surface area contributed by atoms with Crippen LogP contribution in [0.1, 0.15) is 85.3 Å². The molecule has 17 nitrogen and oxygen atoms in total. The first-order valence-corrected chi connectivity index (χ1v) is 20.6. The van der Waals surface area contributed by atoms with Crippen LogP contribution in [0.15, 0.2) is 60.7 Å². The summed E-state index contributed by atoms with van der Waals surface area (Å²) in [7, 11) is 1.14. The molecule has 6 amide bonds. The van der Waals surface area contributed by atoms with Crippen molar-refractivity contribution in [2.75, 3.05) is 26.9 Å². The van der Waals surface area contributed by atoms with Crippen LogP contribution in [0, 0.1) is 11.8 Å². The molecule has 7 N–H and O–H groups in total. The van der Waals surface area contributed by atoms with E-state index in [0.717, 1.165) is 36.0 Å². The van der Waals surface area contributed by atoms with E-state index in [4.69, 9.17) is 25.7 Å². The van der Waals surface area contributed by atoms with Crippen molar-refractivity contribution in [1.82, 2.24) is 20.4 Å². The molecular weight excluding hydrogens is 789 g/mol. The van der Waals surface area contributed by atoms with Gasteiger partial charge in [0.15, 0.2) is 0 Å². The molecule has 0 bridgehead atoms. The highest BCUT2D eigenvalue weighted by Crippen LogP contribution is 2.20. The molecule has 0 aliphatic rings. The zero-order chi connectivity index (χ0) is 45.9. The van der Waals surface area contributed by atoms with Crippen LogP contribution < -0.4 is 22.1 Å². The molecule has 2 aromatic carbocycles. The molecule has 0 saturated carbocycles. The van der Waals surface area contributed by atoms with Crippen molar-refractivity contribution in [2.45, 2.75) is 123 Å². The fourth-order valence-corrected chi connectivity index (χ4v) is 6.22. The molecule has 6 atom stereocenters. The Morgan fingerprint density at radius 1 is 0.787 bits per heavy atom. The third kappa shape index (κ3) is 17.0. The molecule has 0 heterocycles. The van der Waals surface area contributed by atoms with Crippen LogP contribution in [0.2, 0.25) is 0 Å². The van der Waals surface area contributed by atoms with Gasteiger partial charge in [-0.15, -0.1) is 0 Å². The zero-order valence-electron chi connectivity index (χ0n) is 36.8. The molecule has 2 rings (SSSR count). The first-order chi connectivity index (χ1) is 28.7. The maximum absolute atomic E-state index is 14.0. The summed E-state index contributed by atoms with van der Waals surface area (Å²) in [5.74, 6) is -6.83. The maximum atomic E-state index is 14.0. The number of carbonyl (C=O) groups excluding carboxylic acids is 7. The minimum Gasteiger partial charge on any atom is -0.467 e. The fourth-order valence-electron chi connectivity index (χ4n) is 6.22. The number of nitrogens with zero attached hydrogens (tertiary/aromatic N) is 2. The topological polar surface area (TPSA) is 250 Å². The number of carbonyl (C=O) groups is 7. The van der Waals surface area contributed by atoms with Gasteiger partial charge < -0.3 is 41.4 Å². The van der Waals surface area contributed by atoms with Crippen LogP contribution in [0.3, 0.4) is 0 Å². The number of rotatable bonds is 23. The number of imide groups is 2. The fraction of sp³-hybridized carbons (Fsp3) is 0.568. The highest BCUT2D eigenvalue weighted by molar-refractivity contribution is 6.02. The lowest BCUT2D eigenvalue weighted by Gasteiger charge is -2.34. The summed E-state index contributed by atoms with van der Waals surface area (Å²) in [4.78, 5) is 95.8. The number of amides is 6. The van der Waals surface area contributed by atoms with Gasteiger partial charge in [0.2, 0.25) is 23.6 Å². The van der Waals surface area contributed by atoms with Crippen LogP contribution in [0.5, 0.6) is 0 Å². The van der Waals surface area contributed by atoms with E-state index in [9.17, 15) is 38.7 Å². The molecule has 2 aromatic rings. The third-order valence-corrected chi connectivity index (χ3v) is 9.69. The number of hydrogen-bond acceptors (Lipinski definition) is 13. The maximum Gasteiger partial charge on any atom is 0.417 e. The second kappa shape index (κ2) is 25.5. The van der Waals surface area contributed by atoms with Gasteiger partial charge in [0.1, 0.15) is 29.8 Å². The Hall–Kier alpha value is -5.23. The lowest BCUT2D eigenvalue weighted by Crippen LogP contribution is -2.60. The van der Waals surface area contributed by atoms with Crippen molar-refractivity contribution in [3.63, 3.8) is 0 Å². The van der Waals surface area contributed by atoms with Gasteiger partial charge in [0.05, 0.1) is 26.4 Å². The summed E-state index contributed by atoms with van der Waals surface area (Å²) < 4.78 is 15.9. The van der Waals surface area contributed by atoms with Crippen molar-refractivity contribution in [3.8, 4) is 0 Å². The monoisotopic (exact) mass is 854 g/mol. The standard InChI is InChI=1S/C44H66N6O11/c1-28(2)37(42(57)59-8)50(35(52)23-17-11-14-20-31-18-12-9-13-19-31)41(56)36(46)33(25-51)24-47-38(53)30(4)49(43(58)61-44(5,6)7)40(55)29(3)48-39(54)34(45)27-60-26-32-21-15-10-16-22-32/h9-10,12-13,15-16,18-19,21-22,28-30,33-34,36-37,51H,11,14,17,20,23-27,45-46H2,1-8H3,(H,47,53)(H,48,54)/t29-,30-,33?,34-,36?,37?/m0/s1. The summed E-state index contributed by atoms with van der Waals surface area (Å²) in [6.07, 6.45) is 1.46. The van der Waals surface area contributed by atoms with E-state index in [0.29, 0.717) is 17.7 Å². The lowest BCUT2D eigenvalue weighted by molar-refractivity contribution is -0.163. The molecule has 0 saturated heterocycles. The number of aliphatic hydroxyl groups is 1. The van der Waals surface area contributed by atoms with Crippen LogP contribution in [0.25, 0.3) is 0 Å². The molecular formula is C44H66N6O11. The van der Waals surface area contributed by atoms with Crippen molar-refractivity contribution in [3.05, 3.63) is 71.8 Å². The molecule has 17 heteroatoms. The van der Waals surface area contributed by atoms with Gasteiger partial charge in [-0.1, -0.05) is 80.9 Å². The van der Waals surface area contributed by atoms with Gasteiger partial charge in [0.25, 0.3) is 5.91 Å². The Morgan fingerprint density at radius 2 is 1.38 bits per heavy atom. The SMILES string of the molecule is COC(=O)C(C(C)C)N(C(=O)CCCCCc1ccccc1)C(=O)C(N)C(CO)CNC(=O)[C@H](C)N(C(=O)OC(C)(C)C)C(=O)[C@H](C)NC(=O)[C@@H](N)COCc1ccccc1. The van der Waals surface area contributed by atoms with Crippen LogP contribution in [0.4, 0.5) is 4.79 Å². The van der Waals surface area contributed by atoms with E-state index in [1.807, 2.05) is 60.7 Å². The van der Waals surface area contributed by atoms with Crippen molar-refractivity contribution in [1.29, 1.82) is 0 Å². The van der Waals surface area contributed by atoms with Crippen molar-refractivity contribution < 1.29 is 52.9 Å². The second-order valence-electron chi connectivity index (χ2n) is 16.3. The Balaban J connectivity index is 2.19. The Labute approximate surface area is 359 Å². The molecule has 0 radical (unpaired) electrons. The van der Waals surface area contributed by atoms with Crippen LogP contribution in [-0.4, -0.2) is 119 Å². The first-order valence-electron chi connectivity index (χ1n) is 20.6. The smallest absolute Gasteiger partial charge is 0.417 e. The molecule has 61 heavy (non-hydrogen) atoms. The molecule has 0 aliphatic heterocycles. The predicted octanol–water partition coefficient (Wildman–Crippen LogP) is 2.60. The quantitative estimate of drug-likeness (QED) is 0.0798. The zero-order valence-corrected chi connectivity index (χ0v) is 36.8. The molecule has 338 valence electrons. The summed E-state index contributed by atoms with van der Waals surface area (Å²) >= 11 is 0. The average Bonchev–Trinajstić information content (AvgIpc) is 3.21. The van der Waals surface area contributed by atoms with Gasteiger partial charge in [-0.2, -0.15) is 0 Å². The Kier molecular flexibility index (Phi) is 21.7. The summed E-state index contributed by atoms with van der Waals surface area (Å²) in [5.41, 5.74) is 13.3. The van der Waals surface area contributed by atoms with E-state index in [-0.39, 0.29) is 19.6 Å². The highest BCUT2D eigenvalue weighted by Gasteiger charge is 2.42. The van der Waals surface area contributed by atoms with E-state index in [1.54, 1.807) is 34.6 Å². The number of nitrogens with two attached hydrogens (primary N) is 2. The molecule has 0 aromatic heterocycles. The number of aryl methyl sites for hydroxylation is 1. The van der Waals surface area contributed by atoms with E-state index >= 15 is 0 Å². The Morgan fingerprint density at radius 3 is 1.92 bits per heavy atom. The number of nitrogens with one attached hydrogen (secondary N) is 2. The molecule has 0 fully saturated rings. The number of methoxy groups -OCH3 is 1. The number of benzene rings is 2. The van der Waals surface area contributed by atoms with Crippen LogP contribution >= 0.6 is 0 Å². The summed E-state index contributed by atoms with van der Waals surface area (Å²) in [6, 6.07) is 12.1. The molecule has 0 spiro atoms. The predicted molar refractivity (Wildman–Crippen MR) is 227 cm³/mol. The van der Waals surface area contributed by atoms with Crippen LogP contribution in [-0.2, 0) is 56.0 Å². The normalized spacial score (nSPS) is 14.4. The third-order valence-electron chi connectivity index (χ3n) is 9.69. The number of unbranched alkanes of at least 4 members (excludes halogenated alkanes) is 2. The molecule has 3 unspecified atom stereocenters. The van der Waals surface area contributed by atoms with Gasteiger partial charge >= 0.3 is 12.1 Å². The number of esters is 1. The van der Waals surface area contributed by atoms with Crippen molar-refractivity contribution in [2.24, 2.45) is 23.3 Å². The van der Waals surface area contributed by atoms with Gasteiger partial charge in [-0.05, 0) is 70.9 Å². The number of ether oxygens (including phenoxy) is 3. The number of hydrogen-bond donors (Lipinski definition) is 5. The second-order valence-corrected chi connectivity index (χ2v) is 16.3. The lowest BCUT2D eigenvalue weighted by atomic mass is 9.95. The van der Waals surface area contributed by atoms with E-state index < -0.39 is 102 Å². The Bertz CT molecular complexity index is 1740. The molecule has 0 aliphatic carbocycles. The van der Waals surface area contributed by atoms with Gasteiger partial charge in [-0.3, -0.25) is 28.9 Å². The average molecular weight is 855 g/mol. The summed E-state index contributed by atoms with van der Waals surface area (Å²) in [5, 5.41) is 15.3. The van der Waals surface area contributed by atoms with E-state index in [1.165, 1.54) is 13.8 Å². The van der Waals surface area contributed by atoms with Gasteiger partial charge in [-0.25, -0.2) is 14.5 Å². The largest absolute Gasteiger partial charge is 0.467 e. The number of aliphatic hydroxyl groups excluding tert-OH is 1. The highest BCUT2D eigenvalue weighted by atomic mass is 16.6. The van der Waals surface area contributed by atoms with Crippen molar-refractivity contribution >= 4 is 41.6 Å². The first kappa shape index (κ1) is 51.9. The van der Waals surface area contributed by atoms with E-state index in [2.05, 4.69) is 10.6 Å². The minimum atomic E-state index is -1.59. The van der Waals surface area contributed by atoms with Gasteiger partial charge in [0, 0.05) is 25.5 Å². The summed E-state index contributed by atoms with van der Waals surface area (Å²) in [6.45, 7) is 9.38. The minimum absolute atomic E-state index is 0.0626.